The number of amides is 2. The summed E-state index contributed by atoms with van der Waals surface area (Å²) in [4.78, 5) is 36.9. The van der Waals surface area contributed by atoms with Crippen LogP contribution in [-0.4, -0.2) is 37.5 Å². The van der Waals surface area contributed by atoms with Gasteiger partial charge >= 0.3 is 5.97 Å². The molecule has 7 nitrogen and oxygen atoms in total. The minimum absolute atomic E-state index is 0.253. The van der Waals surface area contributed by atoms with Crippen molar-refractivity contribution in [2.45, 2.75) is 19.9 Å². The largest absolute Gasteiger partial charge is 0.495 e. The van der Waals surface area contributed by atoms with Crippen molar-refractivity contribution in [1.82, 2.24) is 5.32 Å². The Bertz CT molecular complexity index is 916. The third-order valence-electron chi connectivity index (χ3n) is 4.09. The Morgan fingerprint density at radius 3 is 2.27 bits per heavy atom. The molecule has 0 bridgehead atoms. The number of halogens is 2. The Morgan fingerprint density at radius 2 is 1.70 bits per heavy atom. The zero-order valence-electron chi connectivity index (χ0n) is 16.7. The molecule has 30 heavy (non-hydrogen) atoms. The number of hydrogen-bond acceptors (Lipinski definition) is 5. The number of anilines is 1. The molecule has 160 valence electrons. The molecule has 0 aliphatic carbocycles. The molecule has 0 unspecified atom stereocenters. The molecule has 0 spiro atoms. The molecule has 0 aromatic heterocycles. The number of rotatable bonds is 8. The Morgan fingerprint density at radius 1 is 1.03 bits per heavy atom. The Labute approximate surface area is 184 Å². The van der Waals surface area contributed by atoms with E-state index < -0.39 is 30.4 Å². The lowest BCUT2D eigenvalue weighted by molar-refractivity contribution is -0.150. The van der Waals surface area contributed by atoms with Crippen molar-refractivity contribution in [2.24, 2.45) is 5.92 Å². The predicted octanol–water partition coefficient (Wildman–Crippen LogP) is 3.94. The predicted molar refractivity (Wildman–Crippen MR) is 115 cm³/mol. The van der Waals surface area contributed by atoms with Crippen LogP contribution in [0.15, 0.2) is 42.5 Å². The molecule has 2 rings (SSSR count). The highest BCUT2D eigenvalue weighted by Gasteiger charge is 2.26. The van der Waals surface area contributed by atoms with Crippen LogP contribution in [0.3, 0.4) is 0 Å². The monoisotopic (exact) mass is 452 g/mol. The van der Waals surface area contributed by atoms with Crippen molar-refractivity contribution in [2.75, 3.05) is 19.0 Å². The molecule has 0 fully saturated rings. The lowest BCUT2D eigenvalue weighted by Gasteiger charge is -2.20. The van der Waals surface area contributed by atoms with Crippen molar-refractivity contribution in [3.63, 3.8) is 0 Å². The van der Waals surface area contributed by atoms with E-state index in [4.69, 9.17) is 32.7 Å². The molecule has 0 aliphatic heterocycles. The van der Waals surface area contributed by atoms with Gasteiger partial charge < -0.3 is 20.1 Å². The molecule has 0 saturated carbocycles. The molecule has 0 heterocycles. The average molecular weight is 453 g/mol. The summed E-state index contributed by atoms with van der Waals surface area (Å²) in [6.45, 7) is 3.00. The van der Waals surface area contributed by atoms with Gasteiger partial charge in [0.15, 0.2) is 6.61 Å². The first-order valence-electron chi connectivity index (χ1n) is 9.07. The van der Waals surface area contributed by atoms with E-state index in [-0.39, 0.29) is 5.92 Å². The maximum absolute atomic E-state index is 12.4. The minimum Gasteiger partial charge on any atom is -0.495 e. The molecule has 0 saturated heterocycles. The lowest BCUT2D eigenvalue weighted by Crippen LogP contribution is -2.45. The fraction of sp³-hybridized carbons (Fsp3) is 0.286. The van der Waals surface area contributed by atoms with Gasteiger partial charge in [0.05, 0.1) is 12.1 Å². The van der Waals surface area contributed by atoms with Crippen LogP contribution in [0.2, 0.25) is 10.0 Å². The van der Waals surface area contributed by atoms with Crippen molar-refractivity contribution in [3.05, 3.63) is 58.1 Å². The summed E-state index contributed by atoms with van der Waals surface area (Å²) in [6.07, 6.45) is 0. The molecule has 9 heteroatoms. The van der Waals surface area contributed by atoms with E-state index in [0.29, 0.717) is 27.0 Å². The van der Waals surface area contributed by atoms with E-state index in [1.807, 2.05) is 0 Å². The van der Waals surface area contributed by atoms with Crippen LogP contribution >= 0.6 is 23.2 Å². The van der Waals surface area contributed by atoms with Crippen molar-refractivity contribution in [1.29, 1.82) is 0 Å². The van der Waals surface area contributed by atoms with Gasteiger partial charge in [-0.05, 0) is 48.4 Å². The first-order chi connectivity index (χ1) is 14.2. The summed E-state index contributed by atoms with van der Waals surface area (Å²) in [5.41, 5.74) is 0.783. The normalized spacial score (nSPS) is 11.5. The SMILES string of the molecule is COc1ccc(NC(=O)COC(=O)[C@H](NC(=O)c2ccc(Cl)cc2)C(C)C)cc1Cl. The first-order valence-corrected chi connectivity index (χ1v) is 9.83. The lowest BCUT2D eigenvalue weighted by atomic mass is 10.0. The number of methoxy groups -OCH3 is 1. The summed E-state index contributed by atoms with van der Waals surface area (Å²) in [6, 6.07) is 10.1. The summed E-state index contributed by atoms with van der Waals surface area (Å²) >= 11 is 11.8. The molecular formula is C21H22Cl2N2O5. The highest BCUT2D eigenvalue weighted by Crippen LogP contribution is 2.27. The molecule has 0 aliphatic rings. The summed E-state index contributed by atoms with van der Waals surface area (Å²) in [7, 11) is 1.48. The Balaban J connectivity index is 1.92. The van der Waals surface area contributed by atoms with Gasteiger partial charge in [0.1, 0.15) is 11.8 Å². The van der Waals surface area contributed by atoms with Crippen molar-refractivity contribution >= 4 is 46.7 Å². The molecule has 0 radical (unpaired) electrons. The van der Waals surface area contributed by atoms with Gasteiger partial charge in [-0.15, -0.1) is 0 Å². The minimum atomic E-state index is -0.920. The summed E-state index contributed by atoms with van der Waals surface area (Å²) in [5, 5.41) is 6.03. The molecule has 2 aromatic rings. The number of benzene rings is 2. The molecule has 2 amide bonds. The van der Waals surface area contributed by atoms with E-state index in [2.05, 4.69) is 10.6 Å². The molecular weight excluding hydrogens is 431 g/mol. The maximum Gasteiger partial charge on any atom is 0.329 e. The highest BCUT2D eigenvalue weighted by molar-refractivity contribution is 6.32. The third-order valence-corrected chi connectivity index (χ3v) is 4.64. The van der Waals surface area contributed by atoms with Gasteiger partial charge in [-0.2, -0.15) is 0 Å². The fourth-order valence-corrected chi connectivity index (χ4v) is 2.87. The highest BCUT2D eigenvalue weighted by atomic mass is 35.5. The fourth-order valence-electron chi connectivity index (χ4n) is 2.49. The van der Waals surface area contributed by atoms with Gasteiger partial charge in [0.2, 0.25) is 0 Å². The van der Waals surface area contributed by atoms with Crippen LogP contribution in [0, 0.1) is 5.92 Å². The number of ether oxygens (including phenoxy) is 2. The van der Waals surface area contributed by atoms with Crippen LogP contribution in [0.4, 0.5) is 5.69 Å². The number of carbonyl (C=O) groups excluding carboxylic acids is 3. The third kappa shape index (κ3) is 6.64. The van der Waals surface area contributed by atoms with Gasteiger partial charge in [0, 0.05) is 16.3 Å². The van der Waals surface area contributed by atoms with Gasteiger partial charge in [-0.1, -0.05) is 37.0 Å². The topological polar surface area (TPSA) is 93.7 Å². The quantitative estimate of drug-likeness (QED) is 0.591. The number of nitrogens with one attached hydrogen (secondary N) is 2. The van der Waals surface area contributed by atoms with E-state index in [0.717, 1.165) is 0 Å². The zero-order valence-corrected chi connectivity index (χ0v) is 18.2. The van der Waals surface area contributed by atoms with Gasteiger partial charge in [0.25, 0.3) is 11.8 Å². The number of carbonyl (C=O) groups is 3. The smallest absolute Gasteiger partial charge is 0.329 e. The van der Waals surface area contributed by atoms with E-state index in [9.17, 15) is 14.4 Å². The Hall–Kier alpha value is -2.77. The second-order valence-electron chi connectivity index (χ2n) is 6.71. The maximum atomic E-state index is 12.4. The molecule has 1 atom stereocenters. The van der Waals surface area contributed by atoms with Crippen molar-refractivity contribution < 1.29 is 23.9 Å². The van der Waals surface area contributed by atoms with Gasteiger partial charge in [-0.25, -0.2) is 4.79 Å². The first kappa shape index (κ1) is 23.5. The second-order valence-corrected chi connectivity index (χ2v) is 7.55. The Kier molecular flexibility index (Phi) is 8.50. The van der Waals surface area contributed by atoms with Crippen LogP contribution in [0.5, 0.6) is 5.75 Å². The second kappa shape index (κ2) is 10.8. The van der Waals surface area contributed by atoms with E-state index in [1.165, 1.54) is 13.2 Å². The number of hydrogen-bond donors (Lipinski definition) is 2. The molecule has 2 N–H and O–H groups in total. The van der Waals surface area contributed by atoms with Crippen LogP contribution in [0.25, 0.3) is 0 Å². The number of esters is 1. The van der Waals surface area contributed by atoms with Gasteiger partial charge in [-0.3, -0.25) is 9.59 Å². The van der Waals surface area contributed by atoms with E-state index >= 15 is 0 Å². The standard InChI is InChI=1S/C21H22Cl2N2O5/c1-12(2)19(25-20(27)13-4-6-14(22)7-5-13)21(28)30-11-18(26)24-15-8-9-17(29-3)16(23)10-15/h4-10,12,19H,11H2,1-3H3,(H,24,26)(H,25,27)/t19-/m1/s1. The van der Waals surface area contributed by atoms with E-state index in [1.54, 1.807) is 50.2 Å². The molecule has 2 aromatic carbocycles. The summed E-state index contributed by atoms with van der Waals surface area (Å²) in [5.74, 6) is -1.49. The van der Waals surface area contributed by atoms with Crippen LogP contribution in [0.1, 0.15) is 24.2 Å². The van der Waals surface area contributed by atoms with Crippen LogP contribution in [-0.2, 0) is 14.3 Å². The zero-order chi connectivity index (χ0) is 22.3. The van der Waals surface area contributed by atoms with Crippen LogP contribution < -0.4 is 15.4 Å². The van der Waals surface area contributed by atoms with Crippen molar-refractivity contribution in [3.8, 4) is 5.75 Å². The average Bonchev–Trinajstić information content (AvgIpc) is 2.70. The summed E-state index contributed by atoms with van der Waals surface area (Å²) < 4.78 is 10.1.